The molecule has 0 unspecified atom stereocenters. The first kappa shape index (κ1) is 16.7. The highest BCUT2D eigenvalue weighted by molar-refractivity contribution is 9.10. The van der Waals surface area contributed by atoms with Crippen LogP contribution in [0.2, 0.25) is 0 Å². The molecule has 2 amide bonds. The molecule has 1 saturated heterocycles. The molecule has 122 valence electrons. The minimum Gasteiger partial charge on any atom is -0.507 e. The zero-order valence-corrected chi connectivity index (χ0v) is 14.6. The largest absolute Gasteiger partial charge is 0.507 e. The maximum absolute atomic E-state index is 13.7. The van der Waals surface area contributed by atoms with Gasteiger partial charge in [0.25, 0.3) is 11.1 Å². The highest BCUT2D eigenvalue weighted by Crippen LogP contribution is 2.35. The molecule has 7 heteroatoms. The molecule has 1 aliphatic rings. The van der Waals surface area contributed by atoms with Crippen LogP contribution in [0, 0.1) is 5.82 Å². The van der Waals surface area contributed by atoms with E-state index in [1.54, 1.807) is 24.3 Å². The Labute approximate surface area is 150 Å². The Morgan fingerprint density at radius 2 is 1.96 bits per heavy atom. The Balaban J connectivity index is 1.88. The molecular weight excluding hydrogens is 397 g/mol. The van der Waals surface area contributed by atoms with Crippen molar-refractivity contribution in [2.24, 2.45) is 0 Å². The Hall–Kier alpha value is -2.12. The smallest absolute Gasteiger partial charge is 0.293 e. The number of phenols is 1. The fraction of sp³-hybridized carbons (Fsp3) is 0.0588. The number of nitrogens with zero attached hydrogens (tertiary/aromatic N) is 1. The van der Waals surface area contributed by atoms with Gasteiger partial charge in [-0.05, 0) is 42.1 Å². The van der Waals surface area contributed by atoms with Gasteiger partial charge in [-0.1, -0.05) is 34.1 Å². The van der Waals surface area contributed by atoms with Gasteiger partial charge in [-0.15, -0.1) is 0 Å². The van der Waals surface area contributed by atoms with Gasteiger partial charge in [0.1, 0.15) is 11.6 Å². The van der Waals surface area contributed by atoms with E-state index >= 15 is 0 Å². The van der Waals surface area contributed by atoms with Crippen molar-refractivity contribution in [3.8, 4) is 5.75 Å². The van der Waals surface area contributed by atoms with Crippen LogP contribution in [0.15, 0.2) is 51.8 Å². The van der Waals surface area contributed by atoms with E-state index in [-0.39, 0.29) is 22.8 Å². The molecule has 0 spiro atoms. The molecule has 24 heavy (non-hydrogen) atoms. The maximum Gasteiger partial charge on any atom is 0.293 e. The van der Waals surface area contributed by atoms with E-state index in [2.05, 4.69) is 15.9 Å². The van der Waals surface area contributed by atoms with Crippen molar-refractivity contribution in [1.29, 1.82) is 0 Å². The third-order valence-electron chi connectivity index (χ3n) is 3.44. The van der Waals surface area contributed by atoms with Gasteiger partial charge in [0.2, 0.25) is 0 Å². The number of hydrogen-bond donors (Lipinski definition) is 1. The summed E-state index contributed by atoms with van der Waals surface area (Å²) >= 11 is 4.05. The van der Waals surface area contributed by atoms with Crippen LogP contribution < -0.4 is 0 Å². The van der Waals surface area contributed by atoms with E-state index in [0.717, 1.165) is 21.1 Å². The Morgan fingerprint density at radius 1 is 1.21 bits per heavy atom. The fourth-order valence-electron chi connectivity index (χ4n) is 2.22. The van der Waals surface area contributed by atoms with Crippen LogP contribution in [0.25, 0.3) is 6.08 Å². The number of carbonyl (C=O) groups is 2. The van der Waals surface area contributed by atoms with E-state index < -0.39 is 17.0 Å². The van der Waals surface area contributed by atoms with Crippen molar-refractivity contribution in [3.05, 3.63) is 68.8 Å². The van der Waals surface area contributed by atoms with Crippen molar-refractivity contribution in [3.63, 3.8) is 0 Å². The third kappa shape index (κ3) is 3.37. The lowest BCUT2D eigenvalue weighted by Gasteiger charge is -2.12. The first-order chi connectivity index (χ1) is 11.5. The van der Waals surface area contributed by atoms with Crippen LogP contribution in [-0.4, -0.2) is 21.2 Å². The summed E-state index contributed by atoms with van der Waals surface area (Å²) in [5, 5.41) is 9.38. The monoisotopic (exact) mass is 407 g/mol. The first-order valence-electron chi connectivity index (χ1n) is 6.93. The van der Waals surface area contributed by atoms with Gasteiger partial charge in [-0.25, -0.2) is 4.39 Å². The zero-order chi connectivity index (χ0) is 17.3. The molecule has 0 aromatic heterocycles. The van der Waals surface area contributed by atoms with Gasteiger partial charge >= 0.3 is 0 Å². The molecule has 4 nitrogen and oxygen atoms in total. The standard InChI is InChI=1S/C17H11BrFNO3S/c18-12-5-6-14(21)11(7-12)8-15-16(22)20(17(23)24-15)9-10-3-1-2-4-13(10)19/h1-8,21H,9H2/b15-8-. The summed E-state index contributed by atoms with van der Waals surface area (Å²) in [5.41, 5.74) is 0.687. The molecule has 0 atom stereocenters. The molecular formula is C17H11BrFNO3S. The molecule has 1 N–H and O–H groups in total. The molecule has 2 aromatic carbocycles. The minimum absolute atomic E-state index is 0.000831. The Kier molecular flexibility index (Phi) is 4.73. The van der Waals surface area contributed by atoms with Gasteiger partial charge in [-0.3, -0.25) is 14.5 Å². The van der Waals surface area contributed by atoms with Crippen molar-refractivity contribution in [2.75, 3.05) is 0 Å². The molecule has 1 fully saturated rings. The van der Waals surface area contributed by atoms with E-state index in [1.807, 2.05) is 0 Å². The summed E-state index contributed by atoms with van der Waals surface area (Å²) < 4.78 is 14.5. The first-order valence-corrected chi connectivity index (χ1v) is 8.54. The molecule has 1 aliphatic heterocycles. The Morgan fingerprint density at radius 3 is 2.71 bits per heavy atom. The molecule has 3 rings (SSSR count). The number of carbonyl (C=O) groups excluding carboxylic acids is 2. The Bertz CT molecular complexity index is 869. The highest BCUT2D eigenvalue weighted by Gasteiger charge is 2.35. The van der Waals surface area contributed by atoms with E-state index in [4.69, 9.17) is 0 Å². The van der Waals surface area contributed by atoms with Gasteiger partial charge in [-0.2, -0.15) is 0 Å². The number of imide groups is 1. The van der Waals surface area contributed by atoms with E-state index in [0.29, 0.717) is 5.56 Å². The number of hydrogen-bond acceptors (Lipinski definition) is 4. The van der Waals surface area contributed by atoms with Crippen molar-refractivity contribution < 1.29 is 19.1 Å². The molecule has 1 heterocycles. The number of halogens is 2. The van der Waals surface area contributed by atoms with E-state index in [9.17, 15) is 19.1 Å². The van der Waals surface area contributed by atoms with Crippen LogP contribution >= 0.6 is 27.7 Å². The molecule has 2 aromatic rings. The summed E-state index contributed by atoms with van der Waals surface area (Å²) in [4.78, 5) is 25.7. The van der Waals surface area contributed by atoms with Gasteiger partial charge in [0.15, 0.2) is 0 Å². The van der Waals surface area contributed by atoms with Crippen LogP contribution in [0.4, 0.5) is 9.18 Å². The molecule has 0 radical (unpaired) electrons. The average Bonchev–Trinajstić information content (AvgIpc) is 2.80. The van der Waals surface area contributed by atoms with Crippen molar-refractivity contribution in [2.45, 2.75) is 6.54 Å². The number of amides is 2. The van der Waals surface area contributed by atoms with Gasteiger partial charge < -0.3 is 5.11 Å². The normalized spacial score (nSPS) is 16.2. The highest BCUT2D eigenvalue weighted by atomic mass is 79.9. The summed E-state index contributed by atoms with van der Waals surface area (Å²) in [6.07, 6.45) is 1.45. The quantitative estimate of drug-likeness (QED) is 0.759. The lowest BCUT2D eigenvalue weighted by atomic mass is 10.1. The molecule has 0 bridgehead atoms. The minimum atomic E-state index is -0.507. The van der Waals surface area contributed by atoms with Crippen molar-refractivity contribution in [1.82, 2.24) is 4.90 Å². The lowest BCUT2D eigenvalue weighted by molar-refractivity contribution is -0.123. The lowest BCUT2D eigenvalue weighted by Crippen LogP contribution is -2.27. The SMILES string of the molecule is O=C1S/C(=C\c2cc(Br)ccc2O)C(=O)N1Cc1ccccc1F. The van der Waals surface area contributed by atoms with Crippen LogP contribution in [0.3, 0.4) is 0 Å². The van der Waals surface area contributed by atoms with E-state index in [1.165, 1.54) is 24.3 Å². The number of aromatic hydroxyl groups is 1. The van der Waals surface area contributed by atoms with Gasteiger partial charge in [0.05, 0.1) is 11.4 Å². The zero-order valence-electron chi connectivity index (χ0n) is 12.2. The average molecular weight is 408 g/mol. The number of benzene rings is 2. The second-order valence-electron chi connectivity index (χ2n) is 5.06. The van der Waals surface area contributed by atoms with Crippen LogP contribution in [0.5, 0.6) is 5.75 Å². The van der Waals surface area contributed by atoms with Crippen LogP contribution in [0.1, 0.15) is 11.1 Å². The summed E-state index contributed by atoms with van der Waals surface area (Å²) in [6.45, 7) is -0.126. The summed E-state index contributed by atoms with van der Waals surface area (Å²) in [7, 11) is 0. The second kappa shape index (κ2) is 6.78. The second-order valence-corrected chi connectivity index (χ2v) is 6.97. The molecule has 0 aliphatic carbocycles. The predicted octanol–water partition coefficient (Wildman–Crippen LogP) is 4.53. The number of rotatable bonds is 3. The third-order valence-corrected chi connectivity index (χ3v) is 4.84. The van der Waals surface area contributed by atoms with Crippen molar-refractivity contribution >= 4 is 44.9 Å². The molecule has 0 saturated carbocycles. The predicted molar refractivity (Wildman–Crippen MR) is 93.7 cm³/mol. The maximum atomic E-state index is 13.7. The summed E-state index contributed by atoms with van der Waals surface area (Å²) in [6, 6.07) is 10.8. The topological polar surface area (TPSA) is 57.6 Å². The number of phenolic OH excluding ortho intramolecular Hbond substituents is 1. The number of thioether (sulfide) groups is 1. The summed E-state index contributed by atoms with van der Waals surface area (Å²) in [5.74, 6) is -0.975. The van der Waals surface area contributed by atoms with Crippen LogP contribution in [-0.2, 0) is 11.3 Å². The fourth-order valence-corrected chi connectivity index (χ4v) is 3.42. The van der Waals surface area contributed by atoms with Gasteiger partial charge in [0, 0.05) is 15.6 Å².